The maximum Gasteiger partial charge on any atom is 0.0426 e. The van der Waals surface area contributed by atoms with Crippen LogP contribution in [0, 0.1) is 6.92 Å². The highest BCUT2D eigenvalue weighted by Crippen LogP contribution is 2.17. The molecular weight excluding hydrogens is 232 g/mol. The Balaban J connectivity index is 2.05. The quantitative estimate of drug-likeness (QED) is 0.880. The van der Waals surface area contributed by atoms with E-state index in [1.165, 1.54) is 22.4 Å². The molecule has 0 aliphatic rings. The first-order valence-corrected chi connectivity index (χ1v) is 6.69. The Kier molecular flexibility index (Phi) is 4.58. The van der Waals surface area contributed by atoms with Crippen LogP contribution in [-0.2, 0) is 13.1 Å². The third kappa shape index (κ3) is 3.83. The van der Waals surface area contributed by atoms with Crippen molar-refractivity contribution in [2.45, 2.75) is 20.0 Å². The van der Waals surface area contributed by atoms with Crippen LogP contribution in [0.15, 0.2) is 48.5 Å². The average Bonchev–Trinajstić information content (AvgIpc) is 2.40. The van der Waals surface area contributed by atoms with Gasteiger partial charge in [-0.15, -0.1) is 0 Å². The molecule has 0 spiro atoms. The van der Waals surface area contributed by atoms with Gasteiger partial charge < -0.3 is 10.2 Å². The monoisotopic (exact) mass is 254 g/mol. The Morgan fingerprint density at radius 2 is 1.74 bits per heavy atom. The van der Waals surface area contributed by atoms with Crippen molar-refractivity contribution in [3.8, 4) is 0 Å². The van der Waals surface area contributed by atoms with Gasteiger partial charge in [-0.2, -0.15) is 0 Å². The fraction of sp³-hybridized carbons (Fsp3) is 0.294. The van der Waals surface area contributed by atoms with Crippen LogP contribution in [0.2, 0.25) is 0 Å². The first-order chi connectivity index (χ1) is 9.19. The Morgan fingerprint density at radius 3 is 2.37 bits per heavy atom. The van der Waals surface area contributed by atoms with E-state index in [1.54, 1.807) is 0 Å². The van der Waals surface area contributed by atoms with Crippen LogP contribution in [0.25, 0.3) is 0 Å². The van der Waals surface area contributed by atoms with Crippen molar-refractivity contribution < 1.29 is 0 Å². The lowest BCUT2D eigenvalue weighted by atomic mass is 10.1. The molecule has 1 N–H and O–H groups in total. The van der Waals surface area contributed by atoms with E-state index in [0.717, 1.165) is 13.1 Å². The van der Waals surface area contributed by atoms with Crippen molar-refractivity contribution >= 4 is 5.69 Å². The van der Waals surface area contributed by atoms with Gasteiger partial charge in [-0.05, 0) is 37.2 Å². The molecule has 0 unspecified atom stereocenters. The van der Waals surface area contributed by atoms with Gasteiger partial charge in [-0.1, -0.05) is 42.0 Å². The van der Waals surface area contributed by atoms with Crippen LogP contribution in [-0.4, -0.2) is 14.1 Å². The predicted octanol–water partition coefficient (Wildman–Crippen LogP) is 3.35. The number of aryl methyl sites for hydroxylation is 1. The fourth-order valence-electron chi connectivity index (χ4n) is 2.25. The molecule has 0 atom stereocenters. The first kappa shape index (κ1) is 13.6. The summed E-state index contributed by atoms with van der Waals surface area (Å²) < 4.78 is 0. The molecule has 0 aromatic heterocycles. The number of nitrogens with zero attached hydrogens (tertiary/aromatic N) is 1. The standard InChI is InChI=1S/C17H22N2/c1-14-5-4-6-16(11-14)13-19(3)17-9-7-15(8-10-17)12-18-2/h4-11,18H,12-13H2,1-3H3. The van der Waals surface area contributed by atoms with Crippen molar-refractivity contribution in [2.24, 2.45) is 0 Å². The van der Waals surface area contributed by atoms with Crippen molar-refractivity contribution in [3.63, 3.8) is 0 Å². The van der Waals surface area contributed by atoms with E-state index in [2.05, 4.69) is 72.7 Å². The first-order valence-electron chi connectivity index (χ1n) is 6.69. The Morgan fingerprint density at radius 1 is 1.00 bits per heavy atom. The summed E-state index contributed by atoms with van der Waals surface area (Å²) in [7, 11) is 4.10. The second-order valence-electron chi connectivity index (χ2n) is 5.04. The Bertz CT molecular complexity index is 517. The van der Waals surface area contributed by atoms with Gasteiger partial charge in [-0.3, -0.25) is 0 Å². The summed E-state index contributed by atoms with van der Waals surface area (Å²) in [6, 6.07) is 17.4. The molecule has 0 amide bonds. The summed E-state index contributed by atoms with van der Waals surface area (Å²) in [6.45, 7) is 3.99. The molecule has 2 aromatic rings. The highest BCUT2D eigenvalue weighted by molar-refractivity contribution is 5.47. The van der Waals surface area contributed by atoms with Gasteiger partial charge >= 0.3 is 0 Å². The van der Waals surface area contributed by atoms with Crippen molar-refractivity contribution in [1.82, 2.24) is 5.32 Å². The summed E-state index contributed by atoms with van der Waals surface area (Å²) in [5.41, 5.74) is 5.23. The lowest BCUT2D eigenvalue weighted by Gasteiger charge is -2.20. The smallest absolute Gasteiger partial charge is 0.0426 e. The minimum Gasteiger partial charge on any atom is -0.370 e. The van der Waals surface area contributed by atoms with Gasteiger partial charge in [0.05, 0.1) is 0 Å². The zero-order valence-electron chi connectivity index (χ0n) is 12.0. The van der Waals surface area contributed by atoms with E-state index >= 15 is 0 Å². The van der Waals surface area contributed by atoms with Crippen LogP contribution in [0.1, 0.15) is 16.7 Å². The van der Waals surface area contributed by atoms with Crippen molar-refractivity contribution in [2.75, 3.05) is 19.0 Å². The number of hydrogen-bond donors (Lipinski definition) is 1. The maximum absolute atomic E-state index is 3.17. The summed E-state index contributed by atoms with van der Waals surface area (Å²) in [6.07, 6.45) is 0. The van der Waals surface area contributed by atoms with E-state index in [4.69, 9.17) is 0 Å². The molecule has 19 heavy (non-hydrogen) atoms. The van der Waals surface area contributed by atoms with E-state index in [-0.39, 0.29) is 0 Å². The molecule has 0 heterocycles. The van der Waals surface area contributed by atoms with Crippen LogP contribution in [0.5, 0.6) is 0 Å². The zero-order chi connectivity index (χ0) is 13.7. The van der Waals surface area contributed by atoms with E-state index in [9.17, 15) is 0 Å². The molecule has 2 aromatic carbocycles. The minimum atomic E-state index is 0.919. The third-order valence-electron chi connectivity index (χ3n) is 3.26. The Hall–Kier alpha value is -1.80. The number of benzene rings is 2. The molecule has 2 heteroatoms. The molecular formula is C17H22N2. The molecule has 0 radical (unpaired) electrons. The van der Waals surface area contributed by atoms with E-state index in [1.807, 2.05) is 7.05 Å². The van der Waals surface area contributed by atoms with Crippen LogP contribution in [0.3, 0.4) is 0 Å². The SMILES string of the molecule is CNCc1ccc(N(C)Cc2cccc(C)c2)cc1. The van der Waals surface area contributed by atoms with Crippen molar-refractivity contribution in [3.05, 3.63) is 65.2 Å². The van der Waals surface area contributed by atoms with Gasteiger partial charge in [0, 0.05) is 25.8 Å². The van der Waals surface area contributed by atoms with E-state index in [0.29, 0.717) is 0 Å². The molecule has 0 aliphatic heterocycles. The zero-order valence-corrected chi connectivity index (χ0v) is 12.0. The normalized spacial score (nSPS) is 10.5. The highest BCUT2D eigenvalue weighted by atomic mass is 15.1. The molecule has 0 saturated carbocycles. The summed E-state index contributed by atoms with van der Waals surface area (Å²) in [4.78, 5) is 2.28. The number of nitrogens with one attached hydrogen (secondary N) is 1. The van der Waals surface area contributed by atoms with Crippen LogP contribution >= 0.6 is 0 Å². The molecule has 0 bridgehead atoms. The lowest BCUT2D eigenvalue weighted by molar-refractivity contribution is 0.817. The molecule has 2 rings (SSSR count). The molecule has 0 aliphatic carbocycles. The lowest BCUT2D eigenvalue weighted by Crippen LogP contribution is -2.16. The number of rotatable bonds is 5. The van der Waals surface area contributed by atoms with Crippen molar-refractivity contribution in [1.29, 1.82) is 0 Å². The topological polar surface area (TPSA) is 15.3 Å². The predicted molar refractivity (Wildman–Crippen MR) is 82.5 cm³/mol. The van der Waals surface area contributed by atoms with Gasteiger partial charge in [-0.25, -0.2) is 0 Å². The van der Waals surface area contributed by atoms with Gasteiger partial charge in [0.15, 0.2) is 0 Å². The van der Waals surface area contributed by atoms with Crippen LogP contribution < -0.4 is 10.2 Å². The highest BCUT2D eigenvalue weighted by Gasteiger charge is 2.02. The summed E-state index contributed by atoms with van der Waals surface area (Å²) in [5.74, 6) is 0. The molecule has 0 fully saturated rings. The second-order valence-corrected chi connectivity index (χ2v) is 5.04. The Labute approximate surface area is 116 Å². The molecule has 100 valence electrons. The molecule has 2 nitrogen and oxygen atoms in total. The van der Waals surface area contributed by atoms with Crippen LogP contribution in [0.4, 0.5) is 5.69 Å². The second kappa shape index (κ2) is 6.39. The molecule has 0 saturated heterocycles. The van der Waals surface area contributed by atoms with E-state index < -0.39 is 0 Å². The maximum atomic E-state index is 3.17. The van der Waals surface area contributed by atoms with Gasteiger partial charge in [0.2, 0.25) is 0 Å². The largest absolute Gasteiger partial charge is 0.370 e. The number of anilines is 1. The minimum absolute atomic E-state index is 0.919. The van der Waals surface area contributed by atoms with Gasteiger partial charge in [0.1, 0.15) is 0 Å². The fourth-order valence-corrected chi connectivity index (χ4v) is 2.25. The van der Waals surface area contributed by atoms with Gasteiger partial charge in [0.25, 0.3) is 0 Å². The summed E-state index contributed by atoms with van der Waals surface area (Å²) >= 11 is 0. The average molecular weight is 254 g/mol. The summed E-state index contributed by atoms with van der Waals surface area (Å²) in [5, 5.41) is 3.17. The number of hydrogen-bond acceptors (Lipinski definition) is 2. The third-order valence-corrected chi connectivity index (χ3v) is 3.26.